The predicted molar refractivity (Wildman–Crippen MR) is 118 cm³/mol. The van der Waals surface area contributed by atoms with Crippen LogP contribution in [0.1, 0.15) is 48.2 Å². The van der Waals surface area contributed by atoms with Gasteiger partial charge in [-0.25, -0.2) is 9.97 Å². The molecule has 0 bridgehead atoms. The van der Waals surface area contributed by atoms with E-state index >= 15 is 0 Å². The predicted octanol–water partition coefficient (Wildman–Crippen LogP) is 5.56. The molecule has 2 N–H and O–H groups in total. The first-order valence-corrected chi connectivity index (χ1v) is 10.6. The topological polar surface area (TPSA) is 66.6 Å². The molecule has 2 aliphatic rings. The zero-order chi connectivity index (χ0) is 20.4. The van der Waals surface area contributed by atoms with Gasteiger partial charge in [-0.05, 0) is 60.7 Å². The van der Waals surface area contributed by atoms with Crippen molar-refractivity contribution in [3.05, 3.63) is 65.0 Å². The lowest BCUT2D eigenvalue weighted by atomic mass is 9.85. The Bertz CT molecular complexity index is 1290. The largest absolute Gasteiger partial charge is 0.488 e. The van der Waals surface area contributed by atoms with E-state index in [4.69, 9.17) is 9.72 Å². The second-order valence-electron chi connectivity index (χ2n) is 8.65. The van der Waals surface area contributed by atoms with Crippen LogP contribution in [0.4, 0.5) is 0 Å². The number of aromatic amines is 2. The number of hydrogen-bond donors (Lipinski definition) is 2. The van der Waals surface area contributed by atoms with E-state index < -0.39 is 0 Å². The third-order valence-corrected chi connectivity index (χ3v) is 6.23. The third kappa shape index (κ3) is 2.61. The molecule has 0 fully saturated rings. The van der Waals surface area contributed by atoms with Gasteiger partial charge in [0.2, 0.25) is 0 Å². The Kier molecular flexibility index (Phi) is 3.69. The first kappa shape index (κ1) is 17.5. The van der Waals surface area contributed by atoms with Crippen LogP contribution in [0.5, 0.6) is 5.75 Å². The van der Waals surface area contributed by atoms with Gasteiger partial charge in [0.05, 0.1) is 17.6 Å². The van der Waals surface area contributed by atoms with Crippen LogP contribution in [0.2, 0.25) is 0 Å². The highest BCUT2D eigenvalue weighted by Gasteiger charge is 2.25. The van der Waals surface area contributed by atoms with Crippen molar-refractivity contribution in [1.29, 1.82) is 0 Å². The van der Waals surface area contributed by atoms with Gasteiger partial charge in [-0.15, -0.1) is 0 Å². The molecule has 0 atom stereocenters. The Morgan fingerprint density at radius 2 is 1.83 bits per heavy atom. The molecule has 5 nitrogen and oxygen atoms in total. The Morgan fingerprint density at radius 1 is 0.967 bits per heavy atom. The number of hydrogen-bond acceptors (Lipinski definition) is 3. The molecular weight excluding hydrogens is 372 g/mol. The van der Waals surface area contributed by atoms with Crippen molar-refractivity contribution in [1.82, 2.24) is 19.9 Å². The second-order valence-corrected chi connectivity index (χ2v) is 8.65. The van der Waals surface area contributed by atoms with Gasteiger partial charge < -0.3 is 14.7 Å². The minimum atomic E-state index is 0.379. The SMILES string of the molecule is Cc1nc2c([nH]1)CCc1cc3c(cc1-2)COc1cc(-c2cnc(C(C)C)[nH]2)ccc1-3. The number of H-pyrrole nitrogens is 2. The average Bonchev–Trinajstić information content (AvgIpc) is 3.38. The molecule has 0 radical (unpaired) electrons. The lowest BCUT2D eigenvalue weighted by Crippen LogP contribution is -2.10. The highest BCUT2D eigenvalue weighted by atomic mass is 16.5. The molecule has 1 aliphatic carbocycles. The van der Waals surface area contributed by atoms with Gasteiger partial charge in [0, 0.05) is 28.3 Å². The lowest BCUT2D eigenvalue weighted by Gasteiger charge is -2.25. The molecule has 5 heteroatoms. The number of aryl methyl sites for hydroxylation is 3. The van der Waals surface area contributed by atoms with Crippen molar-refractivity contribution in [2.75, 3.05) is 0 Å². The first-order chi connectivity index (χ1) is 14.6. The van der Waals surface area contributed by atoms with Crippen LogP contribution in [0, 0.1) is 6.92 Å². The van der Waals surface area contributed by atoms with Crippen molar-refractivity contribution in [3.8, 4) is 39.4 Å². The van der Waals surface area contributed by atoms with Crippen LogP contribution in [-0.2, 0) is 19.4 Å². The van der Waals surface area contributed by atoms with Gasteiger partial charge in [0.15, 0.2) is 0 Å². The van der Waals surface area contributed by atoms with Crippen molar-refractivity contribution in [2.24, 2.45) is 0 Å². The van der Waals surface area contributed by atoms with E-state index in [0.717, 1.165) is 52.8 Å². The van der Waals surface area contributed by atoms with E-state index in [0.29, 0.717) is 12.5 Å². The summed E-state index contributed by atoms with van der Waals surface area (Å²) in [4.78, 5) is 16.1. The fourth-order valence-corrected chi connectivity index (χ4v) is 4.65. The van der Waals surface area contributed by atoms with Gasteiger partial charge in [-0.3, -0.25) is 0 Å². The summed E-state index contributed by atoms with van der Waals surface area (Å²) in [6, 6.07) is 11.1. The molecule has 1 aliphatic heterocycles. The fourth-order valence-electron chi connectivity index (χ4n) is 4.65. The summed E-state index contributed by atoms with van der Waals surface area (Å²) in [6.45, 7) is 6.89. The molecule has 0 amide bonds. The molecule has 4 aromatic rings. The van der Waals surface area contributed by atoms with Crippen LogP contribution >= 0.6 is 0 Å². The molecule has 2 aromatic carbocycles. The number of nitrogens with one attached hydrogen (secondary N) is 2. The van der Waals surface area contributed by atoms with Crippen molar-refractivity contribution < 1.29 is 4.74 Å². The van der Waals surface area contributed by atoms with Gasteiger partial charge in [-0.2, -0.15) is 0 Å². The van der Waals surface area contributed by atoms with E-state index in [1.54, 1.807) is 0 Å². The molecule has 6 rings (SSSR count). The molecule has 0 unspecified atom stereocenters. The standard InChI is InChI=1S/C25H24N4O/c1-13(2)25-26-11-22(29-25)16-4-6-18-19-8-15-5-7-21-24(28-14(3)27-21)20(15)9-17(19)12-30-23(18)10-16/h4,6,8-11,13H,5,7,12H2,1-3H3,(H,26,29)(H,27,28). The summed E-state index contributed by atoms with van der Waals surface area (Å²) in [5, 5.41) is 0. The number of fused-ring (bicyclic) bond motifs is 6. The highest BCUT2D eigenvalue weighted by Crippen LogP contribution is 2.43. The number of rotatable bonds is 2. The third-order valence-electron chi connectivity index (χ3n) is 6.23. The van der Waals surface area contributed by atoms with Crippen LogP contribution in [0.15, 0.2) is 36.5 Å². The minimum absolute atomic E-state index is 0.379. The van der Waals surface area contributed by atoms with Gasteiger partial charge in [0.1, 0.15) is 24.0 Å². The van der Waals surface area contributed by atoms with E-state index in [9.17, 15) is 0 Å². The Hall–Kier alpha value is -3.34. The lowest BCUT2D eigenvalue weighted by molar-refractivity contribution is 0.302. The number of imidazole rings is 2. The first-order valence-electron chi connectivity index (χ1n) is 10.6. The maximum Gasteiger partial charge on any atom is 0.128 e. The monoisotopic (exact) mass is 396 g/mol. The molecule has 2 aromatic heterocycles. The van der Waals surface area contributed by atoms with Gasteiger partial charge in [-0.1, -0.05) is 19.9 Å². The number of benzene rings is 2. The van der Waals surface area contributed by atoms with Crippen LogP contribution in [-0.4, -0.2) is 19.9 Å². The van der Waals surface area contributed by atoms with Gasteiger partial charge >= 0.3 is 0 Å². The minimum Gasteiger partial charge on any atom is -0.488 e. The smallest absolute Gasteiger partial charge is 0.128 e. The molecule has 150 valence electrons. The second kappa shape index (κ2) is 6.33. The number of nitrogens with zero attached hydrogens (tertiary/aromatic N) is 2. The van der Waals surface area contributed by atoms with Crippen LogP contribution in [0.25, 0.3) is 33.6 Å². The summed E-state index contributed by atoms with van der Waals surface area (Å²) in [6.07, 6.45) is 3.97. The van der Waals surface area contributed by atoms with Gasteiger partial charge in [0.25, 0.3) is 0 Å². The van der Waals surface area contributed by atoms with Crippen LogP contribution in [0.3, 0.4) is 0 Å². The molecule has 3 heterocycles. The van der Waals surface area contributed by atoms with Crippen molar-refractivity contribution in [3.63, 3.8) is 0 Å². The fraction of sp³-hybridized carbons (Fsp3) is 0.280. The Morgan fingerprint density at radius 3 is 2.67 bits per heavy atom. The molecule has 30 heavy (non-hydrogen) atoms. The van der Waals surface area contributed by atoms with E-state index in [1.165, 1.54) is 27.9 Å². The quantitative estimate of drug-likeness (QED) is 0.466. The van der Waals surface area contributed by atoms with Crippen molar-refractivity contribution >= 4 is 0 Å². The summed E-state index contributed by atoms with van der Waals surface area (Å²) in [5.74, 6) is 3.31. The van der Waals surface area contributed by atoms with E-state index in [1.807, 2.05) is 13.1 Å². The molecular formula is C25H24N4O. The summed E-state index contributed by atoms with van der Waals surface area (Å²) >= 11 is 0. The number of aromatic nitrogens is 4. The average molecular weight is 396 g/mol. The normalized spacial score (nSPS) is 14.0. The highest BCUT2D eigenvalue weighted by molar-refractivity contribution is 5.83. The Labute approximate surface area is 175 Å². The summed E-state index contributed by atoms with van der Waals surface area (Å²) in [5.41, 5.74) is 10.8. The van der Waals surface area contributed by atoms with Crippen LogP contribution < -0.4 is 4.74 Å². The maximum absolute atomic E-state index is 6.19. The van der Waals surface area contributed by atoms with E-state index in [-0.39, 0.29) is 0 Å². The van der Waals surface area contributed by atoms with E-state index in [2.05, 4.69) is 59.1 Å². The van der Waals surface area contributed by atoms with Crippen molar-refractivity contribution in [2.45, 2.75) is 46.1 Å². The maximum atomic E-state index is 6.19. The summed E-state index contributed by atoms with van der Waals surface area (Å²) < 4.78 is 6.19. The summed E-state index contributed by atoms with van der Waals surface area (Å²) in [7, 11) is 0. The Balaban J connectivity index is 1.42. The number of ether oxygens (including phenoxy) is 1. The molecule has 0 saturated heterocycles. The zero-order valence-electron chi connectivity index (χ0n) is 17.5. The molecule has 0 saturated carbocycles. The molecule has 0 spiro atoms. The zero-order valence-corrected chi connectivity index (χ0v) is 17.5.